The fraction of sp³-hybridized carbons (Fsp3) is 0.600. The van der Waals surface area contributed by atoms with E-state index in [0.717, 1.165) is 25.3 Å². The van der Waals surface area contributed by atoms with Crippen LogP contribution in [0.3, 0.4) is 0 Å². The van der Waals surface area contributed by atoms with Crippen molar-refractivity contribution in [2.75, 3.05) is 19.6 Å². The maximum atomic E-state index is 12.1. The number of carbonyl (C=O) groups excluding carboxylic acids is 1. The number of hydrogen-bond acceptors (Lipinski definition) is 2. The van der Waals surface area contributed by atoms with Crippen LogP contribution < -0.4 is 16.0 Å². The van der Waals surface area contributed by atoms with E-state index in [4.69, 9.17) is 0 Å². The molecule has 1 aliphatic carbocycles. The summed E-state index contributed by atoms with van der Waals surface area (Å²) < 4.78 is 0. The summed E-state index contributed by atoms with van der Waals surface area (Å²) in [6.45, 7) is 6.90. The summed E-state index contributed by atoms with van der Waals surface area (Å²) in [4.78, 5) is 16.7. The van der Waals surface area contributed by atoms with Gasteiger partial charge in [0.1, 0.15) is 0 Å². The molecule has 3 N–H and O–H groups in total. The molecule has 26 heavy (non-hydrogen) atoms. The molecule has 0 radical (unpaired) electrons. The van der Waals surface area contributed by atoms with Crippen molar-refractivity contribution in [3.05, 3.63) is 35.4 Å². The SMILES string of the molecule is CCNC(=NCc1cccc(C)c1)NCCNC(=O)C1CCCCC1.I. The van der Waals surface area contributed by atoms with Gasteiger partial charge in [-0.3, -0.25) is 4.79 Å². The molecule has 0 saturated heterocycles. The van der Waals surface area contributed by atoms with Crippen LogP contribution >= 0.6 is 24.0 Å². The lowest BCUT2D eigenvalue weighted by molar-refractivity contribution is -0.125. The average molecular weight is 472 g/mol. The molecule has 6 heteroatoms. The number of aliphatic imine (C=N–C) groups is 1. The van der Waals surface area contributed by atoms with E-state index in [0.29, 0.717) is 19.6 Å². The summed E-state index contributed by atoms with van der Waals surface area (Å²) in [6, 6.07) is 8.38. The van der Waals surface area contributed by atoms with Gasteiger partial charge in [0, 0.05) is 25.6 Å². The summed E-state index contributed by atoms with van der Waals surface area (Å²) in [5, 5.41) is 9.58. The average Bonchev–Trinajstić information content (AvgIpc) is 2.63. The third kappa shape index (κ3) is 8.38. The van der Waals surface area contributed by atoms with Crippen molar-refractivity contribution in [2.45, 2.75) is 52.5 Å². The third-order valence-corrected chi connectivity index (χ3v) is 4.54. The van der Waals surface area contributed by atoms with Crippen LogP contribution in [-0.2, 0) is 11.3 Å². The maximum Gasteiger partial charge on any atom is 0.223 e. The van der Waals surface area contributed by atoms with Gasteiger partial charge in [0.05, 0.1) is 6.54 Å². The molecule has 1 aromatic carbocycles. The highest BCUT2D eigenvalue weighted by molar-refractivity contribution is 14.0. The zero-order valence-corrected chi connectivity index (χ0v) is 18.3. The van der Waals surface area contributed by atoms with Gasteiger partial charge < -0.3 is 16.0 Å². The van der Waals surface area contributed by atoms with Crippen LogP contribution in [0, 0.1) is 12.8 Å². The molecule has 146 valence electrons. The smallest absolute Gasteiger partial charge is 0.223 e. The van der Waals surface area contributed by atoms with Crippen LogP contribution in [0.15, 0.2) is 29.3 Å². The number of aryl methyl sites for hydroxylation is 1. The molecule has 1 fully saturated rings. The number of nitrogens with zero attached hydrogens (tertiary/aromatic N) is 1. The van der Waals surface area contributed by atoms with E-state index < -0.39 is 0 Å². The number of hydrogen-bond donors (Lipinski definition) is 3. The molecule has 0 heterocycles. The Labute approximate surface area is 174 Å². The Morgan fingerprint density at radius 1 is 1.12 bits per heavy atom. The van der Waals surface area contributed by atoms with Gasteiger partial charge in [-0.2, -0.15) is 0 Å². The minimum absolute atomic E-state index is 0. The lowest BCUT2D eigenvalue weighted by atomic mass is 9.89. The van der Waals surface area contributed by atoms with Crippen molar-refractivity contribution in [1.82, 2.24) is 16.0 Å². The molecule has 0 spiro atoms. The first-order valence-corrected chi connectivity index (χ1v) is 9.54. The van der Waals surface area contributed by atoms with E-state index in [1.54, 1.807) is 0 Å². The highest BCUT2D eigenvalue weighted by atomic mass is 127. The van der Waals surface area contributed by atoms with Gasteiger partial charge in [-0.15, -0.1) is 24.0 Å². The van der Waals surface area contributed by atoms with Gasteiger partial charge in [0.25, 0.3) is 0 Å². The number of benzene rings is 1. The van der Waals surface area contributed by atoms with Gasteiger partial charge in [-0.1, -0.05) is 49.1 Å². The summed E-state index contributed by atoms with van der Waals surface area (Å²) in [5.41, 5.74) is 2.44. The Kier molecular flexibility index (Phi) is 11.3. The van der Waals surface area contributed by atoms with Crippen molar-refractivity contribution >= 4 is 35.8 Å². The van der Waals surface area contributed by atoms with E-state index in [9.17, 15) is 4.79 Å². The van der Waals surface area contributed by atoms with Crippen LogP contribution in [0.4, 0.5) is 0 Å². The third-order valence-electron chi connectivity index (χ3n) is 4.54. The molecular weight excluding hydrogens is 439 g/mol. The Bertz CT molecular complexity index is 571. The molecule has 0 aromatic heterocycles. The normalized spacial score (nSPS) is 15.1. The van der Waals surface area contributed by atoms with Crippen molar-refractivity contribution < 1.29 is 4.79 Å². The molecule has 0 atom stereocenters. The van der Waals surface area contributed by atoms with Crippen molar-refractivity contribution in [2.24, 2.45) is 10.9 Å². The zero-order chi connectivity index (χ0) is 17.9. The largest absolute Gasteiger partial charge is 0.357 e. The standard InChI is InChI=1S/C20H32N4O.HI/c1-3-21-20(24-15-17-9-7-8-16(2)14-17)23-13-12-22-19(25)18-10-5-4-6-11-18;/h7-9,14,18H,3-6,10-13,15H2,1-2H3,(H,22,25)(H2,21,23,24);1H. The second-order valence-electron chi connectivity index (χ2n) is 6.74. The van der Waals surface area contributed by atoms with E-state index in [1.807, 2.05) is 0 Å². The molecule has 1 amide bonds. The Balaban J connectivity index is 0.00000338. The van der Waals surface area contributed by atoms with E-state index in [1.165, 1.54) is 30.4 Å². The van der Waals surface area contributed by atoms with Crippen LogP contribution in [0.5, 0.6) is 0 Å². The van der Waals surface area contributed by atoms with Gasteiger partial charge in [-0.05, 0) is 32.3 Å². The van der Waals surface area contributed by atoms with Crippen LogP contribution in [0.2, 0.25) is 0 Å². The molecule has 1 aliphatic rings. The lowest BCUT2D eigenvalue weighted by Crippen LogP contribution is -2.42. The lowest BCUT2D eigenvalue weighted by Gasteiger charge is -2.21. The molecular formula is C20H33IN4O. The first kappa shape index (κ1) is 22.7. The first-order chi connectivity index (χ1) is 12.2. The van der Waals surface area contributed by atoms with Gasteiger partial charge >= 0.3 is 0 Å². The maximum absolute atomic E-state index is 12.1. The minimum atomic E-state index is 0. The predicted molar refractivity (Wildman–Crippen MR) is 119 cm³/mol. The number of rotatable bonds is 7. The fourth-order valence-electron chi connectivity index (χ4n) is 3.20. The molecule has 0 unspecified atom stereocenters. The number of guanidine groups is 1. The quantitative estimate of drug-likeness (QED) is 0.247. The van der Waals surface area contributed by atoms with Gasteiger partial charge in [0.15, 0.2) is 5.96 Å². The van der Waals surface area contributed by atoms with Crippen LogP contribution in [0.1, 0.15) is 50.2 Å². The topological polar surface area (TPSA) is 65.5 Å². The summed E-state index contributed by atoms with van der Waals surface area (Å²) in [5.74, 6) is 1.22. The Morgan fingerprint density at radius 3 is 2.54 bits per heavy atom. The number of halogens is 1. The highest BCUT2D eigenvalue weighted by Gasteiger charge is 2.20. The summed E-state index contributed by atoms with van der Waals surface area (Å²) in [7, 11) is 0. The molecule has 1 saturated carbocycles. The Hall–Kier alpha value is -1.31. The zero-order valence-electron chi connectivity index (χ0n) is 16.0. The summed E-state index contributed by atoms with van der Waals surface area (Å²) in [6.07, 6.45) is 5.73. The van der Waals surface area contributed by atoms with E-state index >= 15 is 0 Å². The molecule has 0 aliphatic heterocycles. The second-order valence-corrected chi connectivity index (χ2v) is 6.74. The second kappa shape index (κ2) is 12.9. The highest BCUT2D eigenvalue weighted by Crippen LogP contribution is 2.23. The fourth-order valence-corrected chi connectivity index (χ4v) is 3.20. The molecule has 5 nitrogen and oxygen atoms in total. The molecule has 1 aromatic rings. The first-order valence-electron chi connectivity index (χ1n) is 9.54. The van der Waals surface area contributed by atoms with Gasteiger partial charge in [-0.25, -0.2) is 4.99 Å². The predicted octanol–water partition coefficient (Wildman–Crippen LogP) is 3.36. The summed E-state index contributed by atoms with van der Waals surface area (Å²) >= 11 is 0. The monoisotopic (exact) mass is 472 g/mol. The van der Waals surface area contributed by atoms with Crippen LogP contribution in [0.25, 0.3) is 0 Å². The van der Waals surface area contributed by atoms with E-state index in [2.05, 4.69) is 59.1 Å². The number of amides is 1. The molecule has 0 bridgehead atoms. The van der Waals surface area contributed by atoms with Gasteiger partial charge in [0.2, 0.25) is 5.91 Å². The number of carbonyl (C=O) groups is 1. The Morgan fingerprint density at radius 2 is 1.85 bits per heavy atom. The van der Waals surface area contributed by atoms with Crippen LogP contribution in [-0.4, -0.2) is 31.5 Å². The van der Waals surface area contributed by atoms with Crippen molar-refractivity contribution in [3.63, 3.8) is 0 Å². The molecule has 2 rings (SSSR count). The van der Waals surface area contributed by atoms with E-state index in [-0.39, 0.29) is 35.8 Å². The number of nitrogens with one attached hydrogen (secondary N) is 3. The minimum Gasteiger partial charge on any atom is -0.357 e. The van der Waals surface area contributed by atoms with Crippen molar-refractivity contribution in [1.29, 1.82) is 0 Å². The van der Waals surface area contributed by atoms with Crippen molar-refractivity contribution in [3.8, 4) is 0 Å².